The largest absolute Gasteiger partial charge is 0.508 e. The predicted octanol–water partition coefficient (Wildman–Crippen LogP) is 3.89. The van der Waals surface area contributed by atoms with Crippen LogP contribution in [-0.4, -0.2) is 5.11 Å². The molecule has 0 spiro atoms. The zero-order chi connectivity index (χ0) is 12.3. The SMILES string of the molecule is CCc1ccc(Oc2cccc(O)c2)c(F)c1. The molecule has 0 saturated heterocycles. The summed E-state index contributed by atoms with van der Waals surface area (Å²) in [5.41, 5.74) is 0.922. The molecular weight excluding hydrogens is 219 g/mol. The molecule has 0 saturated carbocycles. The van der Waals surface area contributed by atoms with Crippen molar-refractivity contribution in [3.05, 3.63) is 53.8 Å². The molecule has 0 aliphatic rings. The van der Waals surface area contributed by atoms with Crippen LogP contribution in [0.1, 0.15) is 12.5 Å². The highest BCUT2D eigenvalue weighted by atomic mass is 19.1. The highest BCUT2D eigenvalue weighted by molar-refractivity contribution is 5.37. The number of phenolic OH excluding ortho intramolecular Hbond substituents is 1. The third kappa shape index (κ3) is 2.75. The predicted molar refractivity (Wildman–Crippen MR) is 64.0 cm³/mol. The van der Waals surface area contributed by atoms with Gasteiger partial charge in [-0.3, -0.25) is 0 Å². The lowest BCUT2D eigenvalue weighted by Crippen LogP contribution is -1.90. The van der Waals surface area contributed by atoms with Gasteiger partial charge in [-0.2, -0.15) is 0 Å². The van der Waals surface area contributed by atoms with Crippen molar-refractivity contribution in [3.63, 3.8) is 0 Å². The molecule has 0 aromatic heterocycles. The van der Waals surface area contributed by atoms with E-state index in [0.29, 0.717) is 5.75 Å². The Hall–Kier alpha value is -2.03. The van der Waals surface area contributed by atoms with Gasteiger partial charge in [0.15, 0.2) is 11.6 Å². The number of hydrogen-bond donors (Lipinski definition) is 1. The fraction of sp³-hybridized carbons (Fsp3) is 0.143. The van der Waals surface area contributed by atoms with E-state index in [1.165, 1.54) is 18.2 Å². The molecule has 1 N–H and O–H groups in total. The van der Waals surface area contributed by atoms with Gasteiger partial charge in [-0.15, -0.1) is 0 Å². The minimum Gasteiger partial charge on any atom is -0.508 e. The number of hydrogen-bond acceptors (Lipinski definition) is 2. The van der Waals surface area contributed by atoms with Crippen molar-refractivity contribution in [1.29, 1.82) is 0 Å². The number of ether oxygens (including phenoxy) is 1. The minimum atomic E-state index is -0.396. The van der Waals surface area contributed by atoms with Gasteiger partial charge >= 0.3 is 0 Å². The zero-order valence-electron chi connectivity index (χ0n) is 9.48. The second-order valence-electron chi connectivity index (χ2n) is 3.72. The van der Waals surface area contributed by atoms with Crippen LogP contribution in [0.15, 0.2) is 42.5 Å². The Morgan fingerprint density at radius 2 is 2.00 bits per heavy atom. The Kier molecular flexibility index (Phi) is 3.28. The standard InChI is InChI=1S/C14H13FO2/c1-2-10-6-7-14(13(15)8-10)17-12-5-3-4-11(16)9-12/h3-9,16H,2H2,1H3. The Labute approximate surface area is 99.3 Å². The minimum absolute atomic E-state index is 0.0908. The van der Waals surface area contributed by atoms with E-state index in [2.05, 4.69) is 0 Å². The second-order valence-corrected chi connectivity index (χ2v) is 3.72. The van der Waals surface area contributed by atoms with Crippen molar-refractivity contribution in [2.75, 3.05) is 0 Å². The van der Waals surface area contributed by atoms with E-state index in [1.807, 2.05) is 13.0 Å². The number of phenols is 1. The maximum absolute atomic E-state index is 13.6. The van der Waals surface area contributed by atoms with Crippen LogP contribution < -0.4 is 4.74 Å². The lowest BCUT2D eigenvalue weighted by molar-refractivity contribution is 0.432. The summed E-state index contributed by atoms with van der Waals surface area (Å²) in [6.45, 7) is 1.96. The van der Waals surface area contributed by atoms with Gasteiger partial charge in [0.25, 0.3) is 0 Å². The van der Waals surface area contributed by atoms with Crippen LogP contribution in [0.2, 0.25) is 0 Å². The van der Waals surface area contributed by atoms with Crippen molar-refractivity contribution < 1.29 is 14.2 Å². The summed E-state index contributed by atoms with van der Waals surface area (Å²) in [7, 11) is 0. The van der Waals surface area contributed by atoms with E-state index in [-0.39, 0.29) is 11.5 Å². The third-order valence-electron chi connectivity index (χ3n) is 2.45. The molecular formula is C14H13FO2. The van der Waals surface area contributed by atoms with Gasteiger partial charge in [0.05, 0.1) is 0 Å². The lowest BCUT2D eigenvalue weighted by Gasteiger charge is -2.08. The highest BCUT2D eigenvalue weighted by Gasteiger charge is 2.05. The Morgan fingerprint density at radius 3 is 2.65 bits per heavy atom. The fourth-order valence-electron chi connectivity index (χ4n) is 1.52. The monoisotopic (exact) mass is 232 g/mol. The molecule has 0 unspecified atom stereocenters. The normalized spacial score (nSPS) is 10.2. The number of halogens is 1. The van der Waals surface area contributed by atoms with Crippen molar-refractivity contribution in [1.82, 2.24) is 0 Å². The van der Waals surface area contributed by atoms with Crippen molar-refractivity contribution >= 4 is 0 Å². The van der Waals surface area contributed by atoms with Crippen LogP contribution in [0.5, 0.6) is 17.2 Å². The van der Waals surface area contributed by atoms with Gasteiger partial charge in [0.2, 0.25) is 0 Å². The number of benzene rings is 2. The Morgan fingerprint density at radius 1 is 1.18 bits per heavy atom. The maximum Gasteiger partial charge on any atom is 0.165 e. The third-order valence-corrected chi connectivity index (χ3v) is 2.45. The van der Waals surface area contributed by atoms with Gasteiger partial charge in [-0.05, 0) is 36.2 Å². The van der Waals surface area contributed by atoms with Crippen LogP contribution in [0.3, 0.4) is 0 Å². The summed E-state index contributed by atoms with van der Waals surface area (Å²) in [5, 5.41) is 9.27. The molecule has 2 rings (SSSR count). The average molecular weight is 232 g/mol. The van der Waals surface area contributed by atoms with E-state index in [1.54, 1.807) is 18.2 Å². The van der Waals surface area contributed by atoms with Crippen LogP contribution in [-0.2, 0) is 6.42 Å². The zero-order valence-corrected chi connectivity index (χ0v) is 9.48. The van der Waals surface area contributed by atoms with Crippen LogP contribution in [0.25, 0.3) is 0 Å². The first-order valence-corrected chi connectivity index (χ1v) is 5.44. The second kappa shape index (κ2) is 4.87. The lowest BCUT2D eigenvalue weighted by atomic mass is 10.1. The van der Waals surface area contributed by atoms with Gasteiger partial charge in [-0.1, -0.05) is 19.1 Å². The molecule has 0 amide bonds. The quantitative estimate of drug-likeness (QED) is 0.870. The first-order chi connectivity index (χ1) is 8.19. The van der Waals surface area contributed by atoms with Crippen LogP contribution in [0.4, 0.5) is 4.39 Å². The fourth-order valence-corrected chi connectivity index (χ4v) is 1.52. The molecule has 2 nitrogen and oxygen atoms in total. The van der Waals surface area contributed by atoms with E-state index in [0.717, 1.165) is 12.0 Å². The molecule has 0 heterocycles. The first-order valence-electron chi connectivity index (χ1n) is 5.44. The molecule has 0 aliphatic heterocycles. The summed E-state index contributed by atoms with van der Waals surface area (Å²) < 4.78 is 19.0. The highest BCUT2D eigenvalue weighted by Crippen LogP contribution is 2.27. The molecule has 0 atom stereocenters. The van der Waals surface area contributed by atoms with Crippen LogP contribution >= 0.6 is 0 Å². The molecule has 0 radical (unpaired) electrons. The Bertz CT molecular complexity index is 523. The summed E-state index contributed by atoms with van der Waals surface area (Å²) >= 11 is 0. The van der Waals surface area contributed by atoms with Crippen LogP contribution in [0, 0.1) is 5.82 Å². The van der Waals surface area contributed by atoms with E-state index < -0.39 is 5.82 Å². The maximum atomic E-state index is 13.6. The summed E-state index contributed by atoms with van der Waals surface area (Å²) in [6.07, 6.45) is 0.781. The molecule has 2 aromatic rings. The molecule has 3 heteroatoms. The molecule has 17 heavy (non-hydrogen) atoms. The molecule has 0 bridgehead atoms. The topological polar surface area (TPSA) is 29.5 Å². The molecule has 0 fully saturated rings. The summed E-state index contributed by atoms with van der Waals surface area (Å²) in [5.74, 6) is 0.265. The summed E-state index contributed by atoms with van der Waals surface area (Å²) in [4.78, 5) is 0. The Balaban J connectivity index is 2.24. The van der Waals surface area contributed by atoms with Crippen molar-refractivity contribution in [3.8, 4) is 17.2 Å². The average Bonchev–Trinajstić information content (AvgIpc) is 2.32. The molecule has 2 aromatic carbocycles. The summed E-state index contributed by atoms with van der Waals surface area (Å²) in [6, 6.07) is 11.1. The number of aryl methyl sites for hydroxylation is 1. The molecule has 0 aliphatic carbocycles. The van der Waals surface area contributed by atoms with E-state index >= 15 is 0 Å². The van der Waals surface area contributed by atoms with E-state index in [4.69, 9.17) is 4.74 Å². The van der Waals surface area contributed by atoms with E-state index in [9.17, 15) is 9.50 Å². The van der Waals surface area contributed by atoms with Gasteiger partial charge in [-0.25, -0.2) is 4.39 Å². The number of aromatic hydroxyl groups is 1. The number of rotatable bonds is 3. The smallest absolute Gasteiger partial charge is 0.165 e. The molecule has 88 valence electrons. The van der Waals surface area contributed by atoms with Crippen molar-refractivity contribution in [2.24, 2.45) is 0 Å². The van der Waals surface area contributed by atoms with Gasteiger partial charge in [0, 0.05) is 6.07 Å². The first kappa shape index (κ1) is 11.5. The van der Waals surface area contributed by atoms with Gasteiger partial charge < -0.3 is 9.84 Å². The van der Waals surface area contributed by atoms with Gasteiger partial charge in [0.1, 0.15) is 11.5 Å². The van der Waals surface area contributed by atoms with Crippen molar-refractivity contribution in [2.45, 2.75) is 13.3 Å².